The molecule has 0 spiro atoms. The van der Waals surface area contributed by atoms with E-state index in [1.165, 1.54) is 14.0 Å². The minimum atomic E-state index is -0.655. The molecule has 0 saturated heterocycles. The number of methoxy groups -OCH3 is 1. The van der Waals surface area contributed by atoms with Crippen LogP contribution in [0.1, 0.15) is 45.1 Å². The Morgan fingerprint density at radius 1 is 1.32 bits per heavy atom. The van der Waals surface area contributed by atoms with E-state index in [1.54, 1.807) is 18.2 Å². The molecule has 28 heavy (non-hydrogen) atoms. The number of hydrogen-bond acceptors (Lipinski definition) is 7. The standard InChI is InChI=1S/C21H22N2O5/c1-11(24)27-15-6-5-12(7-16(15)26-4)18-13(10-22)20(23)28-17-9-21(2,3)8-14(25)19(17)18/h5-7,18H,8-9,23H2,1-4H3/t18-/m1/s1. The van der Waals surface area contributed by atoms with E-state index >= 15 is 0 Å². The first-order valence-electron chi connectivity index (χ1n) is 8.87. The Bertz CT molecular complexity index is 965. The number of ether oxygens (including phenoxy) is 3. The summed E-state index contributed by atoms with van der Waals surface area (Å²) < 4.78 is 16.1. The molecule has 1 atom stereocenters. The highest BCUT2D eigenvalue weighted by Gasteiger charge is 2.43. The van der Waals surface area contributed by atoms with Gasteiger partial charge in [0.25, 0.3) is 0 Å². The SMILES string of the molecule is COc1cc([C@@H]2C(C#N)=C(N)OC3=C2C(=O)CC(C)(C)C3)ccc1OC(C)=O. The molecule has 1 aromatic rings. The summed E-state index contributed by atoms with van der Waals surface area (Å²) in [6.45, 7) is 5.27. The molecule has 2 N–H and O–H groups in total. The van der Waals surface area contributed by atoms with E-state index < -0.39 is 11.9 Å². The lowest BCUT2D eigenvalue weighted by Gasteiger charge is -2.37. The van der Waals surface area contributed by atoms with Gasteiger partial charge in [0.1, 0.15) is 17.4 Å². The lowest BCUT2D eigenvalue weighted by molar-refractivity contribution is -0.132. The van der Waals surface area contributed by atoms with E-state index in [0.29, 0.717) is 35.5 Å². The van der Waals surface area contributed by atoms with Gasteiger partial charge in [0.05, 0.1) is 13.0 Å². The summed E-state index contributed by atoms with van der Waals surface area (Å²) in [7, 11) is 1.45. The Hall–Kier alpha value is -3.27. The molecule has 2 aliphatic rings. The van der Waals surface area contributed by atoms with Crippen LogP contribution in [0.15, 0.2) is 41.0 Å². The lowest BCUT2D eigenvalue weighted by Crippen LogP contribution is -2.33. The monoisotopic (exact) mass is 382 g/mol. The van der Waals surface area contributed by atoms with Crippen LogP contribution < -0.4 is 15.2 Å². The summed E-state index contributed by atoms with van der Waals surface area (Å²) >= 11 is 0. The number of allylic oxidation sites excluding steroid dienone is 3. The van der Waals surface area contributed by atoms with E-state index in [-0.39, 0.29) is 28.4 Å². The van der Waals surface area contributed by atoms with Crippen molar-refractivity contribution in [3.8, 4) is 17.6 Å². The van der Waals surface area contributed by atoms with Crippen molar-refractivity contribution >= 4 is 11.8 Å². The molecule has 0 unspecified atom stereocenters. The van der Waals surface area contributed by atoms with Crippen molar-refractivity contribution in [2.24, 2.45) is 11.1 Å². The smallest absolute Gasteiger partial charge is 0.308 e. The Labute approximate surface area is 163 Å². The average Bonchev–Trinajstić information content (AvgIpc) is 2.59. The lowest BCUT2D eigenvalue weighted by atomic mass is 9.70. The van der Waals surface area contributed by atoms with Gasteiger partial charge in [0.15, 0.2) is 17.3 Å². The molecule has 0 aromatic heterocycles. The predicted molar refractivity (Wildman–Crippen MR) is 100 cm³/mol. The average molecular weight is 382 g/mol. The third kappa shape index (κ3) is 3.46. The molecule has 1 aliphatic heterocycles. The normalized spacial score (nSPS) is 20.8. The van der Waals surface area contributed by atoms with Gasteiger partial charge in [-0.3, -0.25) is 9.59 Å². The summed E-state index contributed by atoms with van der Waals surface area (Å²) in [6, 6.07) is 7.00. The number of nitrogens with two attached hydrogens (primary N) is 1. The quantitative estimate of drug-likeness (QED) is 0.631. The molecule has 1 aromatic carbocycles. The number of hydrogen-bond donors (Lipinski definition) is 1. The van der Waals surface area contributed by atoms with Crippen molar-refractivity contribution in [3.05, 3.63) is 46.6 Å². The second-order valence-corrected chi connectivity index (χ2v) is 7.71. The molecular formula is C21H22N2O5. The van der Waals surface area contributed by atoms with Gasteiger partial charge in [-0.2, -0.15) is 5.26 Å². The second kappa shape index (κ2) is 7.04. The van der Waals surface area contributed by atoms with Gasteiger partial charge < -0.3 is 19.9 Å². The van der Waals surface area contributed by atoms with Gasteiger partial charge in [-0.1, -0.05) is 19.9 Å². The van der Waals surface area contributed by atoms with E-state index in [0.717, 1.165) is 0 Å². The molecule has 3 rings (SSSR count). The van der Waals surface area contributed by atoms with Crippen LogP contribution in [0.5, 0.6) is 11.5 Å². The van der Waals surface area contributed by atoms with Crippen LogP contribution in [0.3, 0.4) is 0 Å². The zero-order chi connectivity index (χ0) is 20.6. The molecule has 7 heteroatoms. The third-order valence-corrected chi connectivity index (χ3v) is 4.85. The summed E-state index contributed by atoms with van der Waals surface area (Å²) in [5.41, 5.74) is 7.03. The molecule has 0 fully saturated rings. The van der Waals surface area contributed by atoms with Crippen LogP contribution in [0, 0.1) is 16.7 Å². The molecule has 7 nitrogen and oxygen atoms in total. The van der Waals surface area contributed by atoms with Gasteiger partial charge >= 0.3 is 5.97 Å². The van der Waals surface area contributed by atoms with Crippen molar-refractivity contribution in [3.63, 3.8) is 0 Å². The molecule has 1 heterocycles. The van der Waals surface area contributed by atoms with Crippen LogP contribution in [-0.2, 0) is 14.3 Å². The summed E-state index contributed by atoms with van der Waals surface area (Å²) in [5.74, 6) is -0.122. The van der Waals surface area contributed by atoms with Crippen LogP contribution in [0.2, 0.25) is 0 Å². The van der Waals surface area contributed by atoms with Crippen LogP contribution >= 0.6 is 0 Å². The van der Waals surface area contributed by atoms with Crippen molar-refractivity contribution in [1.29, 1.82) is 5.26 Å². The highest BCUT2D eigenvalue weighted by Crippen LogP contribution is 2.48. The molecule has 0 bridgehead atoms. The minimum Gasteiger partial charge on any atom is -0.493 e. The van der Waals surface area contributed by atoms with Gasteiger partial charge in [-0.15, -0.1) is 0 Å². The number of benzene rings is 1. The van der Waals surface area contributed by atoms with E-state index in [4.69, 9.17) is 19.9 Å². The summed E-state index contributed by atoms with van der Waals surface area (Å²) in [5, 5.41) is 9.67. The van der Waals surface area contributed by atoms with Gasteiger partial charge in [0, 0.05) is 25.3 Å². The second-order valence-electron chi connectivity index (χ2n) is 7.71. The number of carbonyl (C=O) groups is 2. The maximum atomic E-state index is 13.0. The van der Waals surface area contributed by atoms with Crippen molar-refractivity contribution < 1.29 is 23.8 Å². The largest absolute Gasteiger partial charge is 0.493 e. The van der Waals surface area contributed by atoms with Gasteiger partial charge in [0.2, 0.25) is 5.88 Å². The van der Waals surface area contributed by atoms with Crippen molar-refractivity contribution in [1.82, 2.24) is 0 Å². The Morgan fingerprint density at radius 2 is 2.04 bits per heavy atom. The molecule has 0 saturated carbocycles. The molecule has 146 valence electrons. The highest BCUT2D eigenvalue weighted by molar-refractivity contribution is 6.00. The van der Waals surface area contributed by atoms with E-state index in [9.17, 15) is 14.9 Å². The topological polar surface area (TPSA) is 112 Å². The van der Waals surface area contributed by atoms with Crippen LogP contribution in [0.25, 0.3) is 0 Å². The molecule has 1 aliphatic carbocycles. The fourth-order valence-electron chi connectivity index (χ4n) is 3.72. The summed E-state index contributed by atoms with van der Waals surface area (Å²) in [6.07, 6.45) is 0.902. The fourth-order valence-corrected chi connectivity index (χ4v) is 3.72. The first kappa shape index (κ1) is 19.5. The molecule has 0 amide bonds. The van der Waals surface area contributed by atoms with Crippen LogP contribution in [0.4, 0.5) is 0 Å². The Kier molecular flexibility index (Phi) is 4.90. The maximum absolute atomic E-state index is 13.0. The number of esters is 1. The fraction of sp³-hybridized carbons (Fsp3) is 0.381. The predicted octanol–water partition coefficient (Wildman–Crippen LogP) is 3.07. The maximum Gasteiger partial charge on any atom is 0.308 e. The highest BCUT2D eigenvalue weighted by atomic mass is 16.6. The number of ketones is 1. The van der Waals surface area contributed by atoms with E-state index in [1.807, 2.05) is 13.8 Å². The number of rotatable bonds is 3. The van der Waals surface area contributed by atoms with Gasteiger partial charge in [-0.05, 0) is 23.1 Å². The summed E-state index contributed by atoms with van der Waals surface area (Å²) in [4.78, 5) is 24.2. The van der Waals surface area contributed by atoms with Crippen LogP contribution in [-0.4, -0.2) is 18.9 Å². The zero-order valence-corrected chi connectivity index (χ0v) is 16.3. The Morgan fingerprint density at radius 3 is 2.64 bits per heavy atom. The van der Waals surface area contributed by atoms with E-state index in [2.05, 4.69) is 6.07 Å². The first-order valence-corrected chi connectivity index (χ1v) is 8.87. The molecule has 0 radical (unpaired) electrons. The first-order chi connectivity index (χ1) is 13.2. The van der Waals surface area contributed by atoms with Crippen molar-refractivity contribution in [2.75, 3.05) is 7.11 Å². The number of nitriles is 1. The number of nitrogens with zero attached hydrogens (tertiary/aromatic N) is 1. The number of Topliss-reactive ketones (excluding diaryl/α,β-unsaturated/α-hetero) is 1. The van der Waals surface area contributed by atoms with Crippen molar-refractivity contribution in [2.45, 2.75) is 39.5 Å². The Balaban J connectivity index is 2.15. The van der Waals surface area contributed by atoms with Gasteiger partial charge in [-0.25, -0.2) is 0 Å². The third-order valence-electron chi connectivity index (χ3n) is 4.85. The zero-order valence-electron chi connectivity index (χ0n) is 16.3. The minimum absolute atomic E-state index is 0.000204. The molecular weight excluding hydrogens is 360 g/mol. The number of carbonyl (C=O) groups excluding carboxylic acids is 2.